The molecular weight excluding hydrogens is 312 g/mol. The van der Waals surface area contributed by atoms with Gasteiger partial charge in [-0.25, -0.2) is 17.2 Å². The lowest BCUT2D eigenvalue weighted by Gasteiger charge is -2.09. The Balaban J connectivity index is 2.18. The van der Waals surface area contributed by atoms with Crippen LogP contribution >= 0.6 is 0 Å². The fourth-order valence-electron chi connectivity index (χ4n) is 1.96. The molecule has 0 fully saturated rings. The van der Waals surface area contributed by atoms with E-state index in [2.05, 4.69) is 5.32 Å². The normalized spacial score (nSPS) is 11.2. The van der Waals surface area contributed by atoms with Crippen LogP contribution in [0.15, 0.2) is 47.4 Å². The monoisotopic (exact) mass is 325 g/mol. The Bertz CT molecular complexity index is 819. The van der Waals surface area contributed by atoms with Crippen molar-refractivity contribution < 1.29 is 22.0 Å². The van der Waals surface area contributed by atoms with Crippen LogP contribution in [0.2, 0.25) is 0 Å². The zero-order valence-corrected chi connectivity index (χ0v) is 12.5. The quantitative estimate of drug-likeness (QED) is 0.939. The number of halogens is 2. The predicted octanol–water partition coefficient (Wildman–Crippen LogP) is 2.55. The number of anilines is 1. The van der Waals surface area contributed by atoms with Gasteiger partial charge in [0.25, 0.3) is 0 Å². The lowest BCUT2D eigenvalue weighted by molar-refractivity contribution is -0.115. The molecule has 7 heteroatoms. The van der Waals surface area contributed by atoms with E-state index in [4.69, 9.17) is 0 Å². The molecular formula is C15H13F2NO3S. The van der Waals surface area contributed by atoms with Gasteiger partial charge in [-0.1, -0.05) is 18.2 Å². The predicted molar refractivity (Wildman–Crippen MR) is 78.2 cm³/mol. The first-order valence-corrected chi connectivity index (χ1v) is 8.19. The van der Waals surface area contributed by atoms with Crippen LogP contribution in [0.4, 0.5) is 14.5 Å². The van der Waals surface area contributed by atoms with Crippen molar-refractivity contribution in [1.82, 2.24) is 0 Å². The molecule has 116 valence electrons. The number of sulfone groups is 1. The van der Waals surface area contributed by atoms with Gasteiger partial charge < -0.3 is 5.32 Å². The molecule has 0 aliphatic carbocycles. The molecule has 2 aromatic carbocycles. The average molecular weight is 325 g/mol. The van der Waals surface area contributed by atoms with E-state index in [1.807, 2.05) is 0 Å². The first kappa shape index (κ1) is 16.1. The highest BCUT2D eigenvalue weighted by Gasteiger charge is 2.15. The number of benzene rings is 2. The smallest absolute Gasteiger partial charge is 0.228 e. The lowest BCUT2D eigenvalue weighted by atomic mass is 10.1. The molecule has 1 N–H and O–H groups in total. The summed E-state index contributed by atoms with van der Waals surface area (Å²) in [5.41, 5.74) is 0.436. The molecule has 2 aromatic rings. The Labute approximate surface area is 126 Å². The molecule has 0 aromatic heterocycles. The summed E-state index contributed by atoms with van der Waals surface area (Å²) in [7, 11) is -3.45. The Morgan fingerprint density at radius 2 is 1.77 bits per heavy atom. The van der Waals surface area contributed by atoms with Crippen molar-refractivity contribution in [3.05, 3.63) is 59.7 Å². The molecule has 1 amide bonds. The van der Waals surface area contributed by atoms with Gasteiger partial charge in [-0.05, 0) is 23.8 Å². The van der Waals surface area contributed by atoms with Crippen molar-refractivity contribution in [2.45, 2.75) is 11.3 Å². The first-order valence-electron chi connectivity index (χ1n) is 6.30. The second-order valence-corrected chi connectivity index (χ2v) is 6.72. The Morgan fingerprint density at radius 1 is 1.09 bits per heavy atom. The number of rotatable bonds is 4. The summed E-state index contributed by atoms with van der Waals surface area (Å²) < 4.78 is 49.2. The molecule has 0 spiro atoms. The largest absolute Gasteiger partial charge is 0.326 e. The van der Waals surface area contributed by atoms with Gasteiger partial charge in [0.05, 0.1) is 11.3 Å². The number of hydrogen-bond donors (Lipinski definition) is 1. The van der Waals surface area contributed by atoms with Crippen molar-refractivity contribution >= 4 is 21.4 Å². The van der Waals surface area contributed by atoms with Crippen LogP contribution in [0.5, 0.6) is 0 Å². The molecule has 0 atom stereocenters. The topological polar surface area (TPSA) is 63.2 Å². The maximum atomic E-state index is 13.1. The highest BCUT2D eigenvalue weighted by molar-refractivity contribution is 7.90. The maximum absolute atomic E-state index is 13.1. The van der Waals surface area contributed by atoms with Crippen molar-refractivity contribution in [2.24, 2.45) is 0 Å². The molecule has 0 heterocycles. The van der Waals surface area contributed by atoms with E-state index in [1.54, 1.807) is 12.1 Å². The second-order valence-electron chi connectivity index (χ2n) is 4.73. The van der Waals surface area contributed by atoms with E-state index in [0.717, 1.165) is 18.4 Å². The summed E-state index contributed by atoms with van der Waals surface area (Å²) in [6, 6.07) is 9.10. The van der Waals surface area contributed by atoms with Crippen LogP contribution in [-0.4, -0.2) is 20.6 Å². The van der Waals surface area contributed by atoms with Crippen molar-refractivity contribution in [3.63, 3.8) is 0 Å². The summed E-state index contributed by atoms with van der Waals surface area (Å²) in [5, 5.41) is 2.40. The molecule has 0 unspecified atom stereocenters. The number of carbonyl (C=O) groups excluding carboxylic acids is 1. The minimum atomic E-state index is -3.45. The van der Waals surface area contributed by atoms with E-state index in [0.29, 0.717) is 5.56 Å². The van der Waals surface area contributed by atoms with Crippen LogP contribution in [0, 0.1) is 11.6 Å². The van der Waals surface area contributed by atoms with Crippen LogP contribution < -0.4 is 5.32 Å². The molecule has 0 bridgehead atoms. The maximum Gasteiger partial charge on any atom is 0.228 e. The minimum absolute atomic E-state index is 0.0652. The first-order chi connectivity index (χ1) is 10.3. The van der Waals surface area contributed by atoms with E-state index >= 15 is 0 Å². The second kappa shape index (κ2) is 6.23. The van der Waals surface area contributed by atoms with Crippen molar-refractivity contribution in [3.8, 4) is 0 Å². The minimum Gasteiger partial charge on any atom is -0.326 e. The van der Waals surface area contributed by atoms with Crippen molar-refractivity contribution in [1.29, 1.82) is 0 Å². The standard InChI is InChI=1S/C15H13F2NO3S/c1-22(20,21)14-5-3-2-4-10(14)8-15(19)18-11-6-7-12(16)13(17)9-11/h2-7,9H,8H2,1H3,(H,18,19). The van der Waals surface area contributed by atoms with Crippen LogP contribution in [0.1, 0.15) is 5.56 Å². The Morgan fingerprint density at radius 3 is 2.41 bits per heavy atom. The van der Waals surface area contributed by atoms with Crippen molar-refractivity contribution in [2.75, 3.05) is 11.6 Å². The van der Waals surface area contributed by atoms with E-state index in [1.165, 1.54) is 18.2 Å². The Kier molecular flexibility index (Phi) is 4.56. The zero-order chi connectivity index (χ0) is 16.3. The van der Waals surface area contributed by atoms with E-state index < -0.39 is 27.4 Å². The number of carbonyl (C=O) groups is 1. The average Bonchev–Trinajstić information content (AvgIpc) is 2.42. The van der Waals surface area contributed by atoms with Gasteiger partial charge in [-0.2, -0.15) is 0 Å². The van der Waals surface area contributed by atoms with Crippen LogP contribution in [0.3, 0.4) is 0 Å². The summed E-state index contributed by atoms with van der Waals surface area (Å²) >= 11 is 0. The third-order valence-electron chi connectivity index (χ3n) is 2.93. The van der Waals surface area contributed by atoms with Gasteiger partial charge in [-0.3, -0.25) is 4.79 Å². The van der Waals surface area contributed by atoms with Gasteiger partial charge in [0.1, 0.15) is 0 Å². The summed E-state index contributed by atoms with van der Waals surface area (Å²) in [6.07, 6.45) is 0.862. The van der Waals surface area contributed by atoms with E-state index in [9.17, 15) is 22.0 Å². The third kappa shape index (κ3) is 3.88. The molecule has 4 nitrogen and oxygen atoms in total. The molecule has 0 aliphatic rings. The molecule has 0 saturated carbocycles. The van der Waals surface area contributed by atoms with Gasteiger partial charge in [0, 0.05) is 18.0 Å². The third-order valence-corrected chi connectivity index (χ3v) is 4.12. The molecule has 22 heavy (non-hydrogen) atoms. The zero-order valence-electron chi connectivity index (χ0n) is 11.6. The number of hydrogen-bond acceptors (Lipinski definition) is 3. The lowest BCUT2D eigenvalue weighted by Crippen LogP contribution is -2.16. The number of nitrogens with one attached hydrogen (secondary N) is 1. The summed E-state index contributed by atoms with van der Waals surface area (Å²) in [6.45, 7) is 0. The van der Waals surface area contributed by atoms with Gasteiger partial charge in [-0.15, -0.1) is 0 Å². The van der Waals surface area contributed by atoms with Crippen LogP contribution in [-0.2, 0) is 21.1 Å². The van der Waals surface area contributed by atoms with Gasteiger partial charge >= 0.3 is 0 Å². The SMILES string of the molecule is CS(=O)(=O)c1ccccc1CC(=O)Nc1ccc(F)c(F)c1. The van der Waals surface area contributed by atoms with E-state index in [-0.39, 0.29) is 17.0 Å². The molecule has 0 saturated heterocycles. The highest BCUT2D eigenvalue weighted by Crippen LogP contribution is 2.17. The fraction of sp³-hybridized carbons (Fsp3) is 0.133. The molecule has 2 rings (SSSR count). The fourth-order valence-corrected chi connectivity index (χ4v) is 2.91. The summed E-state index contributed by atoms with van der Waals surface area (Å²) in [5.74, 6) is -2.61. The number of amides is 1. The summed E-state index contributed by atoms with van der Waals surface area (Å²) in [4.78, 5) is 12.0. The highest BCUT2D eigenvalue weighted by atomic mass is 32.2. The molecule has 0 radical (unpaired) electrons. The van der Waals surface area contributed by atoms with Gasteiger partial charge in [0.15, 0.2) is 21.5 Å². The Hall–Kier alpha value is -2.28. The molecule has 0 aliphatic heterocycles. The van der Waals surface area contributed by atoms with Crippen LogP contribution in [0.25, 0.3) is 0 Å². The van der Waals surface area contributed by atoms with Gasteiger partial charge in [0.2, 0.25) is 5.91 Å².